The lowest BCUT2D eigenvalue weighted by atomic mass is 10.1. The summed E-state index contributed by atoms with van der Waals surface area (Å²) < 4.78 is 64.5. The van der Waals surface area contributed by atoms with Crippen LogP contribution in [-0.2, 0) is 16.2 Å². The minimum atomic E-state index is -4.61. The summed E-state index contributed by atoms with van der Waals surface area (Å²) in [5, 5.41) is 0. The summed E-state index contributed by atoms with van der Waals surface area (Å²) in [4.78, 5) is 2.87. The monoisotopic (exact) mass is 344 g/mol. The molecule has 0 saturated carbocycles. The third-order valence-corrected chi connectivity index (χ3v) is 4.70. The first kappa shape index (κ1) is 17.4. The van der Waals surface area contributed by atoms with Crippen molar-refractivity contribution in [3.05, 3.63) is 59.9 Å². The van der Waals surface area contributed by atoms with Crippen LogP contribution in [0.4, 0.5) is 13.2 Å². The second-order valence-corrected chi connectivity index (χ2v) is 6.58. The van der Waals surface area contributed by atoms with Crippen molar-refractivity contribution in [3.63, 3.8) is 0 Å². The van der Waals surface area contributed by atoms with Gasteiger partial charge in [0, 0.05) is 12.2 Å². The van der Waals surface area contributed by atoms with E-state index in [9.17, 15) is 21.6 Å². The zero-order valence-corrected chi connectivity index (χ0v) is 13.0. The Morgan fingerprint density at radius 3 is 2.26 bits per heavy atom. The van der Waals surface area contributed by atoms with Gasteiger partial charge in [-0.15, -0.1) is 0 Å². The molecule has 23 heavy (non-hydrogen) atoms. The molecule has 0 aliphatic rings. The van der Waals surface area contributed by atoms with E-state index in [1.54, 1.807) is 24.3 Å². The molecule has 0 aliphatic carbocycles. The molecule has 2 rings (SSSR count). The zero-order chi connectivity index (χ0) is 17.1. The summed E-state index contributed by atoms with van der Waals surface area (Å²) in [6.45, 7) is 1.81. The van der Waals surface area contributed by atoms with E-state index in [0.29, 0.717) is 18.7 Å². The molecule has 1 heterocycles. The molecule has 8 heteroatoms. The number of halogens is 3. The maximum absolute atomic E-state index is 12.5. The highest BCUT2D eigenvalue weighted by molar-refractivity contribution is 7.89. The van der Waals surface area contributed by atoms with E-state index in [4.69, 9.17) is 0 Å². The number of hydrogen-bond donors (Lipinski definition) is 1. The molecule has 0 unspecified atom stereocenters. The average Bonchev–Trinajstić information content (AvgIpc) is 2.53. The average molecular weight is 344 g/mol. The quantitative estimate of drug-likeness (QED) is 0.903. The molecule has 0 bridgehead atoms. The Morgan fingerprint density at radius 1 is 1.13 bits per heavy atom. The standard InChI is InChI=1S/C15H15F3N2O2S/c1-2-13(11-6-4-3-5-7-11)20-23(21,22)12-8-9-14(19-10-12)15(16,17)18/h3-10,13,20H,2H2,1H3/t13-/m0/s1. The van der Waals surface area contributed by atoms with Gasteiger partial charge in [0.15, 0.2) is 0 Å². The molecular formula is C15H15F3N2O2S. The number of hydrogen-bond acceptors (Lipinski definition) is 3. The highest BCUT2D eigenvalue weighted by Gasteiger charge is 2.32. The van der Waals surface area contributed by atoms with E-state index < -0.39 is 27.9 Å². The Kier molecular flexibility index (Phi) is 5.06. The van der Waals surface area contributed by atoms with Gasteiger partial charge < -0.3 is 0 Å². The molecule has 2 aromatic rings. The second-order valence-electron chi connectivity index (χ2n) is 4.87. The molecule has 4 nitrogen and oxygen atoms in total. The van der Waals surface area contributed by atoms with Crippen molar-refractivity contribution in [3.8, 4) is 0 Å². The van der Waals surface area contributed by atoms with Crippen molar-refractivity contribution < 1.29 is 21.6 Å². The minimum absolute atomic E-state index is 0.306. The maximum Gasteiger partial charge on any atom is 0.433 e. The van der Waals surface area contributed by atoms with Gasteiger partial charge in [0.25, 0.3) is 0 Å². The van der Waals surface area contributed by atoms with Crippen LogP contribution in [0.2, 0.25) is 0 Å². The topological polar surface area (TPSA) is 59.1 Å². The van der Waals surface area contributed by atoms with Crippen molar-refractivity contribution in [1.29, 1.82) is 0 Å². The van der Waals surface area contributed by atoms with Crippen molar-refractivity contribution in [2.24, 2.45) is 0 Å². The molecule has 0 spiro atoms. The number of nitrogens with zero attached hydrogens (tertiary/aromatic N) is 1. The van der Waals surface area contributed by atoms with Crippen molar-refractivity contribution >= 4 is 10.0 Å². The van der Waals surface area contributed by atoms with Gasteiger partial charge in [-0.3, -0.25) is 4.98 Å². The van der Waals surface area contributed by atoms with Gasteiger partial charge in [0.2, 0.25) is 10.0 Å². The summed E-state index contributed by atoms with van der Waals surface area (Å²) in [7, 11) is -3.96. The first-order valence-electron chi connectivity index (χ1n) is 6.84. The van der Waals surface area contributed by atoms with Crippen LogP contribution >= 0.6 is 0 Å². The first-order chi connectivity index (χ1) is 10.7. The molecule has 0 aliphatic heterocycles. The smallest absolute Gasteiger partial charge is 0.250 e. The Hall–Kier alpha value is -1.93. The van der Waals surface area contributed by atoms with Gasteiger partial charge in [-0.05, 0) is 24.1 Å². The van der Waals surface area contributed by atoms with Crippen molar-refractivity contribution in [1.82, 2.24) is 9.71 Å². The summed E-state index contributed by atoms with van der Waals surface area (Å²) in [6, 6.07) is 10.0. The van der Waals surface area contributed by atoms with E-state index in [1.807, 2.05) is 13.0 Å². The SMILES string of the molecule is CC[C@H](NS(=O)(=O)c1ccc(C(F)(F)F)nc1)c1ccccc1. The summed E-state index contributed by atoms with van der Waals surface area (Å²) in [5.41, 5.74) is -0.356. The van der Waals surface area contributed by atoms with Crippen LogP contribution in [-0.4, -0.2) is 13.4 Å². The third-order valence-electron chi connectivity index (χ3n) is 3.24. The first-order valence-corrected chi connectivity index (χ1v) is 8.33. The van der Waals surface area contributed by atoms with Crippen LogP contribution < -0.4 is 4.72 Å². The highest BCUT2D eigenvalue weighted by Crippen LogP contribution is 2.28. The lowest BCUT2D eigenvalue weighted by Gasteiger charge is -2.17. The molecule has 1 atom stereocenters. The number of pyridine rings is 1. The van der Waals surface area contributed by atoms with Crippen LogP contribution in [0.3, 0.4) is 0 Å². The highest BCUT2D eigenvalue weighted by atomic mass is 32.2. The van der Waals surface area contributed by atoms with Crippen LogP contribution in [0, 0.1) is 0 Å². The Morgan fingerprint density at radius 2 is 1.78 bits per heavy atom. The largest absolute Gasteiger partial charge is 0.433 e. The minimum Gasteiger partial charge on any atom is -0.250 e. The summed E-state index contributed by atoms with van der Waals surface area (Å²) in [5.74, 6) is 0. The Bertz CT molecular complexity index is 745. The fourth-order valence-corrected chi connectivity index (χ4v) is 3.29. The van der Waals surface area contributed by atoms with Gasteiger partial charge in [0.05, 0.1) is 0 Å². The summed E-state index contributed by atoms with van der Waals surface area (Å²) in [6.07, 6.45) is -3.40. The van der Waals surface area contributed by atoms with Gasteiger partial charge in [-0.1, -0.05) is 37.3 Å². The summed E-state index contributed by atoms with van der Waals surface area (Å²) >= 11 is 0. The Labute approximate surface area is 132 Å². The maximum atomic E-state index is 12.5. The molecule has 1 aromatic heterocycles. The molecule has 0 radical (unpaired) electrons. The van der Waals surface area contributed by atoms with Crippen LogP contribution in [0.5, 0.6) is 0 Å². The van der Waals surface area contributed by atoms with E-state index in [2.05, 4.69) is 9.71 Å². The lowest BCUT2D eigenvalue weighted by molar-refractivity contribution is -0.141. The second kappa shape index (κ2) is 6.67. The predicted molar refractivity (Wildman–Crippen MR) is 79.0 cm³/mol. The fourth-order valence-electron chi connectivity index (χ4n) is 2.03. The number of aromatic nitrogens is 1. The number of sulfonamides is 1. The third kappa shape index (κ3) is 4.29. The zero-order valence-electron chi connectivity index (χ0n) is 12.2. The lowest BCUT2D eigenvalue weighted by Crippen LogP contribution is -2.28. The van der Waals surface area contributed by atoms with Gasteiger partial charge in [-0.25, -0.2) is 13.1 Å². The van der Waals surface area contributed by atoms with Crippen molar-refractivity contribution in [2.75, 3.05) is 0 Å². The predicted octanol–water partition coefficient (Wildman–Crippen LogP) is 3.53. The number of rotatable bonds is 5. The van der Waals surface area contributed by atoms with E-state index in [-0.39, 0.29) is 4.90 Å². The molecular weight excluding hydrogens is 329 g/mol. The number of nitrogens with one attached hydrogen (secondary N) is 1. The number of alkyl halides is 3. The van der Waals surface area contributed by atoms with E-state index >= 15 is 0 Å². The van der Waals surface area contributed by atoms with Crippen LogP contribution in [0.1, 0.15) is 30.6 Å². The Balaban J connectivity index is 2.24. The normalized spacial score (nSPS) is 13.7. The fraction of sp³-hybridized carbons (Fsp3) is 0.267. The molecule has 0 amide bonds. The molecule has 1 N–H and O–H groups in total. The van der Waals surface area contributed by atoms with Crippen LogP contribution in [0.15, 0.2) is 53.6 Å². The number of benzene rings is 1. The van der Waals surface area contributed by atoms with Gasteiger partial charge in [-0.2, -0.15) is 13.2 Å². The van der Waals surface area contributed by atoms with Gasteiger partial charge in [0.1, 0.15) is 10.6 Å². The van der Waals surface area contributed by atoms with Crippen molar-refractivity contribution in [2.45, 2.75) is 30.5 Å². The molecule has 124 valence electrons. The van der Waals surface area contributed by atoms with Crippen LogP contribution in [0.25, 0.3) is 0 Å². The molecule has 0 saturated heterocycles. The van der Waals surface area contributed by atoms with E-state index in [0.717, 1.165) is 11.6 Å². The molecule has 0 fully saturated rings. The molecule has 1 aromatic carbocycles. The van der Waals surface area contributed by atoms with E-state index in [1.165, 1.54) is 0 Å². The van der Waals surface area contributed by atoms with Gasteiger partial charge >= 0.3 is 6.18 Å².